The van der Waals surface area contributed by atoms with Crippen LogP contribution in [-0.2, 0) is 0 Å². The van der Waals surface area contributed by atoms with Gasteiger partial charge in [-0.1, -0.05) is 11.6 Å². The summed E-state index contributed by atoms with van der Waals surface area (Å²) >= 11 is 6.02. The van der Waals surface area contributed by atoms with Gasteiger partial charge in [0, 0.05) is 22.9 Å². The molecule has 3 heterocycles. The molecule has 25 heavy (non-hydrogen) atoms. The monoisotopic (exact) mass is 366 g/mol. The summed E-state index contributed by atoms with van der Waals surface area (Å²) < 4.78 is 26.8. The van der Waals surface area contributed by atoms with Crippen LogP contribution in [0.2, 0.25) is 5.02 Å². The molecular weight excluding hydrogens is 350 g/mol. The van der Waals surface area contributed by atoms with Crippen LogP contribution in [0.4, 0.5) is 14.7 Å². The first-order valence-electron chi connectivity index (χ1n) is 8.13. The number of likely N-dealkylation sites (tertiary alicyclic amines) is 1. The normalized spacial score (nSPS) is 19.3. The Morgan fingerprint density at radius 1 is 1.32 bits per heavy atom. The molecular formula is C16H17ClF2N6. The number of piperidine rings is 1. The number of fused-ring (bicyclic) bond motifs is 3. The number of nitrogen functional groups attached to an aromatic ring is 1. The Kier molecular flexibility index (Phi) is 4.16. The number of rotatable bonds is 3. The van der Waals surface area contributed by atoms with Crippen molar-refractivity contribution >= 4 is 34.1 Å². The van der Waals surface area contributed by atoms with Crippen LogP contribution in [0.3, 0.4) is 0 Å². The molecule has 6 nitrogen and oxygen atoms in total. The Bertz CT molecular complexity index is 928. The van der Waals surface area contributed by atoms with E-state index >= 15 is 0 Å². The highest BCUT2D eigenvalue weighted by Crippen LogP contribution is 2.28. The third-order valence-electron chi connectivity index (χ3n) is 4.54. The molecule has 0 aliphatic carbocycles. The van der Waals surface area contributed by atoms with E-state index in [0.29, 0.717) is 35.1 Å². The maximum absolute atomic E-state index is 12.7. The van der Waals surface area contributed by atoms with Gasteiger partial charge < -0.3 is 5.73 Å². The minimum Gasteiger partial charge on any atom is -0.368 e. The minimum atomic E-state index is -2.33. The molecule has 0 saturated carbocycles. The van der Waals surface area contributed by atoms with E-state index in [4.69, 9.17) is 17.3 Å². The Hall–Kier alpha value is -2.06. The molecule has 4 rings (SSSR count). The molecule has 0 radical (unpaired) electrons. The lowest BCUT2D eigenvalue weighted by Gasteiger charge is -2.30. The predicted octanol–water partition coefficient (Wildman–Crippen LogP) is 2.96. The van der Waals surface area contributed by atoms with Crippen molar-refractivity contribution in [3.8, 4) is 0 Å². The highest BCUT2D eigenvalue weighted by Gasteiger charge is 2.27. The Balaban J connectivity index is 1.73. The van der Waals surface area contributed by atoms with Crippen LogP contribution in [0.25, 0.3) is 16.6 Å². The Morgan fingerprint density at radius 2 is 2.16 bits per heavy atom. The number of aromatic nitrogens is 4. The predicted molar refractivity (Wildman–Crippen MR) is 92.1 cm³/mol. The van der Waals surface area contributed by atoms with Crippen molar-refractivity contribution in [2.45, 2.75) is 25.2 Å². The average molecular weight is 367 g/mol. The molecule has 1 fully saturated rings. The maximum Gasteiger partial charge on any atom is 0.251 e. The van der Waals surface area contributed by atoms with Gasteiger partial charge in [0.2, 0.25) is 5.95 Å². The van der Waals surface area contributed by atoms with Crippen LogP contribution in [0.5, 0.6) is 0 Å². The van der Waals surface area contributed by atoms with E-state index in [1.807, 2.05) is 6.07 Å². The van der Waals surface area contributed by atoms with E-state index in [9.17, 15) is 8.78 Å². The van der Waals surface area contributed by atoms with Crippen LogP contribution in [0.1, 0.15) is 24.6 Å². The largest absolute Gasteiger partial charge is 0.368 e. The summed E-state index contributed by atoms with van der Waals surface area (Å²) in [5.41, 5.74) is 7.27. The lowest BCUT2D eigenvalue weighted by atomic mass is 9.97. The molecule has 9 heteroatoms. The smallest absolute Gasteiger partial charge is 0.251 e. The first-order chi connectivity index (χ1) is 12.0. The van der Waals surface area contributed by atoms with E-state index in [-0.39, 0.29) is 18.4 Å². The molecule has 2 N–H and O–H groups in total. The summed E-state index contributed by atoms with van der Waals surface area (Å²) in [6.45, 7) is 0.993. The molecule has 132 valence electrons. The van der Waals surface area contributed by atoms with Gasteiger partial charge in [-0.15, -0.1) is 5.10 Å². The van der Waals surface area contributed by atoms with Crippen LogP contribution < -0.4 is 5.73 Å². The zero-order valence-electron chi connectivity index (χ0n) is 13.4. The van der Waals surface area contributed by atoms with Crippen LogP contribution in [0.15, 0.2) is 18.2 Å². The second kappa shape index (κ2) is 6.34. The molecule has 1 saturated heterocycles. The zero-order valence-corrected chi connectivity index (χ0v) is 14.1. The van der Waals surface area contributed by atoms with E-state index in [1.165, 1.54) is 4.52 Å². The van der Waals surface area contributed by atoms with Crippen LogP contribution in [-0.4, -0.2) is 50.5 Å². The Morgan fingerprint density at radius 3 is 2.96 bits per heavy atom. The fourth-order valence-electron chi connectivity index (χ4n) is 3.42. The number of anilines is 1. The van der Waals surface area contributed by atoms with Crippen molar-refractivity contribution in [3.05, 3.63) is 29.0 Å². The molecule has 1 aliphatic rings. The van der Waals surface area contributed by atoms with Gasteiger partial charge in [0.15, 0.2) is 11.5 Å². The number of hydrogen-bond acceptors (Lipinski definition) is 5. The summed E-state index contributed by atoms with van der Waals surface area (Å²) in [6.07, 6.45) is -0.619. The molecule has 0 amide bonds. The second-order valence-corrected chi connectivity index (χ2v) is 6.76. The van der Waals surface area contributed by atoms with Crippen molar-refractivity contribution in [2.24, 2.45) is 0 Å². The second-order valence-electron chi connectivity index (χ2n) is 6.33. The third kappa shape index (κ3) is 3.11. The van der Waals surface area contributed by atoms with E-state index in [0.717, 1.165) is 18.2 Å². The van der Waals surface area contributed by atoms with Crippen molar-refractivity contribution in [3.63, 3.8) is 0 Å². The molecule has 1 aromatic carbocycles. The molecule has 0 unspecified atom stereocenters. The molecule has 2 aromatic heterocycles. The average Bonchev–Trinajstić information content (AvgIpc) is 3.00. The van der Waals surface area contributed by atoms with E-state index < -0.39 is 6.43 Å². The molecule has 1 atom stereocenters. The number of nitrogens with two attached hydrogens (primary N) is 1. The fourth-order valence-corrected chi connectivity index (χ4v) is 3.59. The van der Waals surface area contributed by atoms with Gasteiger partial charge in [0.1, 0.15) is 0 Å². The van der Waals surface area contributed by atoms with Crippen LogP contribution in [0, 0.1) is 0 Å². The van der Waals surface area contributed by atoms with Gasteiger partial charge in [-0.05, 0) is 37.6 Å². The van der Waals surface area contributed by atoms with Gasteiger partial charge in [0.05, 0.1) is 12.1 Å². The van der Waals surface area contributed by atoms with E-state index in [1.54, 1.807) is 17.0 Å². The Labute approximate surface area is 147 Å². The van der Waals surface area contributed by atoms with Gasteiger partial charge in [-0.25, -0.2) is 18.7 Å². The summed E-state index contributed by atoms with van der Waals surface area (Å²) in [5.74, 6) is 0.854. The van der Waals surface area contributed by atoms with E-state index in [2.05, 4.69) is 15.1 Å². The van der Waals surface area contributed by atoms with Gasteiger partial charge in [0.25, 0.3) is 6.43 Å². The first-order valence-corrected chi connectivity index (χ1v) is 8.51. The fraction of sp³-hybridized carbons (Fsp3) is 0.438. The van der Waals surface area contributed by atoms with Crippen molar-refractivity contribution in [1.82, 2.24) is 24.5 Å². The van der Waals surface area contributed by atoms with Crippen molar-refractivity contribution in [1.29, 1.82) is 0 Å². The zero-order chi connectivity index (χ0) is 17.6. The van der Waals surface area contributed by atoms with Crippen LogP contribution >= 0.6 is 11.6 Å². The minimum absolute atomic E-state index is 0.00847. The summed E-state index contributed by atoms with van der Waals surface area (Å²) in [7, 11) is 0. The lowest BCUT2D eigenvalue weighted by Crippen LogP contribution is -2.37. The number of nitrogens with zero attached hydrogens (tertiary/aromatic N) is 5. The lowest BCUT2D eigenvalue weighted by molar-refractivity contribution is 0.0731. The first kappa shape index (κ1) is 16.4. The molecule has 0 bridgehead atoms. The highest BCUT2D eigenvalue weighted by molar-refractivity contribution is 6.31. The van der Waals surface area contributed by atoms with Gasteiger partial charge in [-0.2, -0.15) is 4.52 Å². The number of benzene rings is 1. The molecule has 1 aliphatic heterocycles. The van der Waals surface area contributed by atoms with Gasteiger partial charge in [-0.3, -0.25) is 4.90 Å². The summed E-state index contributed by atoms with van der Waals surface area (Å²) in [6, 6.07) is 5.33. The number of alkyl halides is 2. The molecule has 3 aromatic rings. The molecule has 0 spiro atoms. The van der Waals surface area contributed by atoms with Crippen molar-refractivity contribution in [2.75, 3.05) is 25.4 Å². The summed E-state index contributed by atoms with van der Waals surface area (Å²) in [5, 5.41) is 5.86. The summed E-state index contributed by atoms with van der Waals surface area (Å²) in [4.78, 5) is 10.7. The third-order valence-corrected chi connectivity index (χ3v) is 4.78. The SMILES string of the molecule is Nc1nc2cc(Cl)ccc2c2nc([C@@H]3CCCN(CC(F)F)C3)nn12. The highest BCUT2D eigenvalue weighted by atomic mass is 35.5. The van der Waals surface area contributed by atoms with Gasteiger partial charge >= 0.3 is 0 Å². The standard InChI is InChI=1S/C16H17ClF2N6/c17-10-3-4-11-12(6-10)21-16(20)25-15(11)22-14(23-25)9-2-1-5-24(7-9)8-13(18)19/h3-4,6,9,13H,1-2,5,7-8H2,(H2,20,21)/t9-/m1/s1. The number of halogens is 3. The maximum atomic E-state index is 12.7. The van der Waals surface area contributed by atoms with Crippen molar-refractivity contribution < 1.29 is 8.78 Å². The topological polar surface area (TPSA) is 72.3 Å². The number of hydrogen-bond donors (Lipinski definition) is 1. The quantitative estimate of drug-likeness (QED) is 0.771.